The van der Waals surface area contributed by atoms with E-state index in [2.05, 4.69) is 9.97 Å². The zero-order valence-electron chi connectivity index (χ0n) is 8.97. The normalized spacial score (nSPS) is 10.6. The van der Waals surface area contributed by atoms with Crippen LogP contribution in [0.5, 0.6) is 0 Å². The molecule has 0 aromatic carbocycles. The number of aromatic nitrogens is 3. The third kappa shape index (κ3) is 1.79. The number of nitrogens with zero attached hydrogens (tertiary/aromatic N) is 2. The third-order valence-electron chi connectivity index (χ3n) is 2.51. The molecule has 0 saturated carbocycles. The lowest BCUT2D eigenvalue weighted by molar-refractivity contribution is 0.210. The van der Waals surface area contributed by atoms with Crippen LogP contribution in [0.25, 0.3) is 11.3 Å². The van der Waals surface area contributed by atoms with E-state index in [9.17, 15) is 5.11 Å². The molecule has 0 aliphatic carbocycles. The highest BCUT2D eigenvalue weighted by Gasteiger charge is 2.11. The van der Waals surface area contributed by atoms with Crippen LogP contribution in [0.2, 0.25) is 0 Å². The van der Waals surface area contributed by atoms with E-state index in [0.29, 0.717) is 4.77 Å². The number of H-pyrrole nitrogens is 1. The topological polar surface area (TPSA) is 53.8 Å². The van der Waals surface area contributed by atoms with Crippen molar-refractivity contribution >= 4 is 12.2 Å². The van der Waals surface area contributed by atoms with Crippen molar-refractivity contribution in [3.8, 4) is 11.3 Å². The number of nitrogens with one attached hydrogen (secondary N) is 1. The van der Waals surface area contributed by atoms with Gasteiger partial charge in [-0.3, -0.25) is 9.55 Å². The highest BCUT2D eigenvalue weighted by molar-refractivity contribution is 7.71. The molecular weight excluding hydrogens is 222 g/mol. The molecule has 0 unspecified atom stereocenters. The largest absolute Gasteiger partial charge is 0.376 e. The van der Waals surface area contributed by atoms with Gasteiger partial charge in [-0.15, -0.1) is 0 Å². The maximum absolute atomic E-state index is 9.33. The van der Waals surface area contributed by atoms with Gasteiger partial charge >= 0.3 is 0 Å². The number of aryl methyl sites for hydroxylation is 1. The Kier molecular flexibility index (Phi) is 3.17. The molecule has 16 heavy (non-hydrogen) atoms. The number of hydrogen-bond donors (Lipinski definition) is 2. The van der Waals surface area contributed by atoms with Gasteiger partial charge in [0.15, 0.2) is 4.77 Å². The maximum atomic E-state index is 9.33. The predicted octanol–water partition coefficient (Wildman–Crippen LogP) is 2.12. The predicted molar refractivity (Wildman–Crippen MR) is 64.4 cm³/mol. The highest BCUT2D eigenvalue weighted by atomic mass is 32.1. The number of imidazole rings is 1. The molecule has 0 atom stereocenters. The summed E-state index contributed by atoms with van der Waals surface area (Å²) in [5.41, 5.74) is 2.98. The van der Waals surface area contributed by atoms with Gasteiger partial charge in [0.1, 0.15) is 6.73 Å². The first-order valence-electron chi connectivity index (χ1n) is 5.10. The second-order valence-corrected chi connectivity index (χ2v) is 3.80. The van der Waals surface area contributed by atoms with Crippen molar-refractivity contribution < 1.29 is 5.11 Å². The standard InChI is InChI=1S/C11H13N3OS/c1-2-9-10(8-3-5-12-6-4-8)14(7-15)11(16)13-9/h3-6,15H,2,7H2,1H3,(H,13,16). The van der Waals surface area contributed by atoms with Gasteiger partial charge in [0, 0.05) is 23.7 Å². The Labute approximate surface area is 98.6 Å². The van der Waals surface area contributed by atoms with Gasteiger partial charge in [-0.2, -0.15) is 0 Å². The van der Waals surface area contributed by atoms with Crippen LogP contribution < -0.4 is 0 Å². The molecule has 0 aliphatic rings. The minimum Gasteiger partial charge on any atom is -0.376 e. The van der Waals surface area contributed by atoms with Crippen LogP contribution in [0.1, 0.15) is 12.6 Å². The molecule has 0 aliphatic heterocycles. The molecule has 2 heterocycles. The van der Waals surface area contributed by atoms with E-state index < -0.39 is 0 Å². The average molecular weight is 235 g/mol. The molecule has 0 amide bonds. The fraction of sp³-hybridized carbons (Fsp3) is 0.273. The van der Waals surface area contributed by atoms with E-state index in [1.165, 1.54) is 0 Å². The maximum Gasteiger partial charge on any atom is 0.179 e. The summed E-state index contributed by atoms with van der Waals surface area (Å²) in [4.78, 5) is 7.09. The first kappa shape index (κ1) is 11.0. The second-order valence-electron chi connectivity index (χ2n) is 3.42. The molecule has 0 saturated heterocycles. The van der Waals surface area contributed by atoms with Gasteiger partial charge in [0.05, 0.1) is 5.69 Å². The van der Waals surface area contributed by atoms with Crippen LogP contribution in [-0.2, 0) is 13.2 Å². The van der Waals surface area contributed by atoms with Crippen LogP contribution in [0, 0.1) is 4.77 Å². The van der Waals surface area contributed by atoms with Gasteiger partial charge in [-0.25, -0.2) is 0 Å². The minimum atomic E-state index is -0.118. The zero-order valence-corrected chi connectivity index (χ0v) is 9.79. The molecule has 84 valence electrons. The van der Waals surface area contributed by atoms with Crippen LogP contribution in [0.15, 0.2) is 24.5 Å². The van der Waals surface area contributed by atoms with Gasteiger partial charge in [-0.1, -0.05) is 6.92 Å². The Morgan fingerprint density at radius 1 is 1.44 bits per heavy atom. The van der Waals surface area contributed by atoms with Crippen LogP contribution in [0.3, 0.4) is 0 Å². The Balaban J connectivity index is 2.67. The average Bonchev–Trinajstić information content (AvgIpc) is 2.66. The molecule has 0 radical (unpaired) electrons. The van der Waals surface area contributed by atoms with Crippen molar-refractivity contribution in [1.29, 1.82) is 0 Å². The summed E-state index contributed by atoms with van der Waals surface area (Å²) < 4.78 is 2.23. The lowest BCUT2D eigenvalue weighted by Gasteiger charge is -2.06. The Hall–Kier alpha value is -1.46. The van der Waals surface area contributed by atoms with Gasteiger partial charge < -0.3 is 10.1 Å². The third-order valence-corrected chi connectivity index (χ3v) is 2.83. The molecule has 4 nitrogen and oxygen atoms in total. The Bertz CT molecular complexity index is 530. The highest BCUT2D eigenvalue weighted by Crippen LogP contribution is 2.23. The van der Waals surface area contributed by atoms with Crippen molar-refractivity contribution in [3.63, 3.8) is 0 Å². The molecule has 2 N–H and O–H groups in total. The van der Waals surface area contributed by atoms with E-state index in [-0.39, 0.29) is 6.73 Å². The second kappa shape index (κ2) is 4.59. The Morgan fingerprint density at radius 2 is 2.12 bits per heavy atom. The van der Waals surface area contributed by atoms with Crippen LogP contribution in [0.4, 0.5) is 0 Å². The van der Waals surface area contributed by atoms with Crippen molar-refractivity contribution in [2.24, 2.45) is 0 Å². The number of aliphatic hydroxyl groups excluding tert-OH is 1. The van der Waals surface area contributed by atoms with Crippen LogP contribution >= 0.6 is 12.2 Å². The summed E-state index contributed by atoms with van der Waals surface area (Å²) in [6, 6.07) is 3.81. The van der Waals surface area contributed by atoms with E-state index in [1.807, 2.05) is 19.1 Å². The zero-order chi connectivity index (χ0) is 11.5. The van der Waals surface area contributed by atoms with E-state index in [1.54, 1.807) is 17.0 Å². The fourth-order valence-corrected chi connectivity index (χ4v) is 2.02. The lowest BCUT2D eigenvalue weighted by Crippen LogP contribution is -2.00. The van der Waals surface area contributed by atoms with Crippen molar-refractivity contribution in [2.75, 3.05) is 0 Å². The van der Waals surface area contributed by atoms with E-state index in [0.717, 1.165) is 23.4 Å². The summed E-state index contributed by atoms with van der Waals surface area (Å²) in [7, 11) is 0. The number of rotatable bonds is 3. The number of pyridine rings is 1. The summed E-state index contributed by atoms with van der Waals surface area (Å²) in [5.74, 6) is 0. The fourth-order valence-electron chi connectivity index (χ4n) is 1.75. The number of hydrogen-bond acceptors (Lipinski definition) is 3. The molecule has 2 aromatic heterocycles. The van der Waals surface area contributed by atoms with E-state index >= 15 is 0 Å². The molecule has 5 heteroatoms. The van der Waals surface area contributed by atoms with E-state index in [4.69, 9.17) is 12.2 Å². The SMILES string of the molecule is CCc1[nH]c(=S)n(CO)c1-c1ccncc1. The quantitative estimate of drug-likeness (QED) is 0.801. The van der Waals surface area contributed by atoms with Crippen molar-refractivity contribution in [3.05, 3.63) is 35.0 Å². The van der Waals surface area contributed by atoms with Gasteiger partial charge in [0.2, 0.25) is 0 Å². The smallest absolute Gasteiger partial charge is 0.179 e. The summed E-state index contributed by atoms with van der Waals surface area (Å²) >= 11 is 5.16. The molecule has 0 spiro atoms. The summed E-state index contributed by atoms with van der Waals surface area (Å²) in [5, 5.41) is 9.33. The first-order valence-corrected chi connectivity index (χ1v) is 5.51. The summed E-state index contributed by atoms with van der Waals surface area (Å²) in [6.45, 7) is 1.93. The van der Waals surface area contributed by atoms with Crippen molar-refractivity contribution in [1.82, 2.24) is 14.5 Å². The molecule has 2 rings (SSSR count). The van der Waals surface area contributed by atoms with Crippen LogP contribution in [-0.4, -0.2) is 19.6 Å². The number of aliphatic hydroxyl groups is 1. The monoisotopic (exact) mass is 235 g/mol. The summed E-state index contributed by atoms with van der Waals surface area (Å²) in [6.07, 6.45) is 4.30. The lowest BCUT2D eigenvalue weighted by atomic mass is 10.1. The first-order chi connectivity index (χ1) is 7.77. The number of aromatic amines is 1. The van der Waals surface area contributed by atoms with Crippen molar-refractivity contribution in [2.45, 2.75) is 20.1 Å². The molecular formula is C11H13N3OS. The molecule has 0 fully saturated rings. The molecule has 2 aromatic rings. The van der Waals surface area contributed by atoms with Gasteiger partial charge in [-0.05, 0) is 30.8 Å². The van der Waals surface area contributed by atoms with Gasteiger partial charge in [0.25, 0.3) is 0 Å². The Morgan fingerprint density at radius 3 is 2.69 bits per heavy atom. The minimum absolute atomic E-state index is 0.118. The molecule has 0 bridgehead atoms.